The largest absolute Gasteiger partial charge is 0.494 e. The van der Waals surface area contributed by atoms with E-state index in [1.54, 1.807) is 30.0 Å². The number of aromatic nitrogens is 4. The molecule has 0 amide bonds. The zero-order valence-electron chi connectivity index (χ0n) is 13.8. The van der Waals surface area contributed by atoms with E-state index >= 15 is 0 Å². The standard InChI is InChI=1S/C17H17FN4O2S/c1-11-7-8-16(24-2)14(9-11)22-17(19-20-21-22)25-10-15(23)12-5-3-4-6-13(12)18/h3-9,15,23H,10H2,1-2H3. The highest BCUT2D eigenvalue weighted by Gasteiger charge is 2.17. The van der Waals surface area contributed by atoms with E-state index in [1.807, 2.05) is 25.1 Å². The second-order valence-electron chi connectivity index (χ2n) is 5.40. The first-order valence-electron chi connectivity index (χ1n) is 7.59. The molecule has 0 saturated heterocycles. The number of methoxy groups -OCH3 is 1. The average Bonchev–Trinajstić information content (AvgIpc) is 3.08. The van der Waals surface area contributed by atoms with Crippen molar-refractivity contribution in [3.05, 3.63) is 59.4 Å². The first kappa shape index (κ1) is 17.4. The van der Waals surface area contributed by atoms with E-state index in [9.17, 15) is 9.50 Å². The molecule has 8 heteroatoms. The van der Waals surface area contributed by atoms with Crippen LogP contribution in [0.5, 0.6) is 5.75 Å². The molecule has 1 heterocycles. The van der Waals surface area contributed by atoms with Crippen molar-refractivity contribution in [2.24, 2.45) is 0 Å². The minimum atomic E-state index is -0.962. The Labute approximate surface area is 148 Å². The molecule has 0 aliphatic carbocycles. The lowest BCUT2D eigenvalue weighted by molar-refractivity contribution is 0.199. The Morgan fingerprint density at radius 1 is 1.28 bits per heavy atom. The van der Waals surface area contributed by atoms with Gasteiger partial charge in [0.05, 0.1) is 13.2 Å². The minimum Gasteiger partial charge on any atom is -0.494 e. The summed E-state index contributed by atoms with van der Waals surface area (Å²) in [6, 6.07) is 11.8. The third-order valence-corrected chi connectivity index (χ3v) is 4.63. The van der Waals surface area contributed by atoms with Crippen LogP contribution in [0.2, 0.25) is 0 Å². The summed E-state index contributed by atoms with van der Waals surface area (Å²) in [7, 11) is 1.58. The van der Waals surface area contributed by atoms with Crippen molar-refractivity contribution >= 4 is 11.8 Å². The summed E-state index contributed by atoms with van der Waals surface area (Å²) in [5, 5.41) is 22.4. The van der Waals surface area contributed by atoms with Crippen molar-refractivity contribution in [1.82, 2.24) is 20.2 Å². The topological polar surface area (TPSA) is 73.1 Å². The van der Waals surface area contributed by atoms with Gasteiger partial charge in [-0.3, -0.25) is 0 Å². The molecule has 2 aromatic carbocycles. The predicted octanol–water partition coefficient (Wildman–Crippen LogP) is 2.94. The smallest absolute Gasteiger partial charge is 0.214 e. The van der Waals surface area contributed by atoms with Crippen molar-refractivity contribution in [2.75, 3.05) is 12.9 Å². The van der Waals surface area contributed by atoms with Crippen LogP contribution in [0.4, 0.5) is 4.39 Å². The Hall–Kier alpha value is -2.45. The summed E-state index contributed by atoms with van der Waals surface area (Å²) in [6.45, 7) is 1.96. The first-order chi connectivity index (χ1) is 12.1. The molecule has 1 unspecified atom stereocenters. The van der Waals surface area contributed by atoms with Crippen molar-refractivity contribution in [3.63, 3.8) is 0 Å². The van der Waals surface area contributed by atoms with E-state index in [0.717, 1.165) is 5.56 Å². The Balaban J connectivity index is 1.81. The molecule has 1 aromatic heterocycles. The summed E-state index contributed by atoms with van der Waals surface area (Å²) >= 11 is 1.24. The number of aliphatic hydroxyl groups is 1. The normalized spacial score (nSPS) is 12.2. The van der Waals surface area contributed by atoms with Crippen molar-refractivity contribution in [2.45, 2.75) is 18.2 Å². The maximum absolute atomic E-state index is 13.8. The molecule has 25 heavy (non-hydrogen) atoms. The number of rotatable bonds is 6. The molecule has 1 atom stereocenters. The molecule has 0 bridgehead atoms. The Bertz CT molecular complexity index is 871. The van der Waals surface area contributed by atoms with Crippen LogP contribution in [0.3, 0.4) is 0 Å². The quantitative estimate of drug-likeness (QED) is 0.682. The Morgan fingerprint density at radius 3 is 2.84 bits per heavy atom. The zero-order chi connectivity index (χ0) is 17.8. The van der Waals surface area contributed by atoms with E-state index in [-0.39, 0.29) is 11.3 Å². The van der Waals surface area contributed by atoms with Gasteiger partial charge in [0.15, 0.2) is 0 Å². The third kappa shape index (κ3) is 3.80. The van der Waals surface area contributed by atoms with Crippen molar-refractivity contribution < 1.29 is 14.2 Å². The monoisotopic (exact) mass is 360 g/mol. The van der Waals surface area contributed by atoms with Gasteiger partial charge in [-0.15, -0.1) is 5.10 Å². The van der Waals surface area contributed by atoms with Crippen LogP contribution in [0.15, 0.2) is 47.6 Å². The third-order valence-electron chi connectivity index (χ3n) is 3.64. The number of thioether (sulfide) groups is 1. The lowest BCUT2D eigenvalue weighted by Gasteiger charge is -2.12. The molecule has 0 fully saturated rings. The lowest BCUT2D eigenvalue weighted by Crippen LogP contribution is -2.06. The molecular weight excluding hydrogens is 343 g/mol. The SMILES string of the molecule is COc1ccc(C)cc1-n1nnnc1SCC(O)c1ccccc1F. The van der Waals surface area contributed by atoms with Crippen LogP contribution in [0, 0.1) is 12.7 Å². The van der Waals surface area contributed by atoms with Crippen molar-refractivity contribution in [3.8, 4) is 11.4 Å². The summed E-state index contributed by atoms with van der Waals surface area (Å²) in [5.41, 5.74) is 1.99. The summed E-state index contributed by atoms with van der Waals surface area (Å²) in [4.78, 5) is 0. The number of hydrogen-bond acceptors (Lipinski definition) is 6. The number of halogens is 1. The van der Waals surface area contributed by atoms with Gasteiger partial charge in [-0.1, -0.05) is 36.0 Å². The fourth-order valence-electron chi connectivity index (χ4n) is 2.37. The van der Waals surface area contributed by atoms with Crippen molar-refractivity contribution in [1.29, 1.82) is 0 Å². The van der Waals surface area contributed by atoms with Crippen LogP contribution in [-0.2, 0) is 0 Å². The summed E-state index contributed by atoms with van der Waals surface area (Å²) in [6.07, 6.45) is -0.962. The molecule has 1 N–H and O–H groups in total. The zero-order valence-corrected chi connectivity index (χ0v) is 14.6. The molecule has 0 aliphatic rings. The minimum absolute atomic E-state index is 0.218. The van der Waals surface area contributed by atoms with Gasteiger partial charge in [0.1, 0.15) is 17.3 Å². The van der Waals surface area contributed by atoms with Gasteiger partial charge in [-0.2, -0.15) is 4.68 Å². The van der Waals surface area contributed by atoms with E-state index in [2.05, 4.69) is 15.5 Å². The molecule has 0 saturated carbocycles. The van der Waals surface area contributed by atoms with Gasteiger partial charge < -0.3 is 9.84 Å². The summed E-state index contributed by atoms with van der Waals surface area (Å²) < 4.78 is 20.7. The second-order valence-corrected chi connectivity index (χ2v) is 6.38. The number of benzene rings is 2. The first-order valence-corrected chi connectivity index (χ1v) is 8.57. The molecule has 3 aromatic rings. The van der Waals surface area contributed by atoms with Crippen LogP contribution >= 0.6 is 11.8 Å². The van der Waals surface area contributed by atoms with E-state index < -0.39 is 11.9 Å². The number of ether oxygens (including phenoxy) is 1. The number of hydrogen-bond donors (Lipinski definition) is 1. The van der Waals surface area contributed by atoms with Gasteiger partial charge in [0.2, 0.25) is 5.16 Å². The summed E-state index contributed by atoms with van der Waals surface area (Å²) in [5.74, 6) is 0.417. The number of nitrogens with zero attached hydrogens (tertiary/aromatic N) is 4. The number of aliphatic hydroxyl groups excluding tert-OH is 1. The van der Waals surface area contributed by atoms with Gasteiger partial charge in [0.25, 0.3) is 0 Å². The second kappa shape index (κ2) is 7.62. The molecule has 130 valence electrons. The van der Waals surface area contributed by atoms with Crippen LogP contribution in [-0.4, -0.2) is 38.2 Å². The number of tetrazole rings is 1. The van der Waals surface area contributed by atoms with Crippen LogP contribution in [0.1, 0.15) is 17.2 Å². The fraction of sp³-hybridized carbons (Fsp3) is 0.235. The highest BCUT2D eigenvalue weighted by Crippen LogP contribution is 2.29. The highest BCUT2D eigenvalue weighted by atomic mass is 32.2. The van der Waals surface area contributed by atoms with Gasteiger partial charge in [-0.25, -0.2) is 4.39 Å². The van der Waals surface area contributed by atoms with E-state index in [1.165, 1.54) is 17.8 Å². The maximum Gasteiger partial charge on any atom is 0.214 e. The van der Waals surface area contributed by atoms with Crippen LogP contribution in [0.25, 0.3) is 5.69 Å². The fourth-order valence-corrected chi connectivity index (χ4v) is 3.21. The Morgan fingerprint density at radius 2 is 2.08 bits per heavy atom. The number of aryl methyl sites for hydroxylation is 1. The average molecular weight is 360 g/mol. The van der Waals surface area contributed by atoms with E-state index in [4.69, 9.17) is 4.74 Å². The van der Waals surface area contributed by atoms with Gasteiger partial charge in [-0.05, 0) is 41.1 Å². The lowest BCUT2D eigenvalue weighted by atomic mass is 10.1. The maximum atomic E-state index is 13.8. The molecule has 3 rings (SSSR count). The molecule has 0 radical (unpaired) electrons. The molecular formula is C17H17FN4O2S. The van der Waals surface area contributed by atoms with Gasteiger partial charge in [0, 0.05) is 11.3 Å². The van der Waals surface area contributed by atoms with E-state index in [0.29, 0.717) is 16.6 Å². The Kier molecular flexibility index (Phi) is 5.30. The van der Waals surface area contributed by atoms with Crippen LogP contribution < -0.4 is 4.74 Å². The molecule has 6 nitrogen and oxygen atoms in total. The van der Waals surface area contributed by atoms with Gasteiger partial charge >= 0.3 is 0 Å². The molecule has 0 spiro atoms. The molecule has 0 aliphatic heterocycles. The predicted molar refractivity (Wildman–Crippen MR) is 92.5 cm³/mol. The highest BCUT2D eigenvalue weighted by molar-refractivity contribution is 7.99.